The van der Waals surface area contributed by atoms with Crippen molar-refractivity contribution in [3.8, 4) is 22.8 Å². The first-order valence-electron chi connectivity index (χ1n) is 9.01. The summed E-state index contributed by atoms with van der Waals surface area (Å²) >= 11 is 0. The maximum Gasteiger partial charge on any atom is 0.303 e. The van der Waals surface area contributed by atoms with Gasteiger partial charge in [0.2, 0.25) is 5.82 Å². The van der Waals surface area contributed by atoms with Crippen LogP contribution in [-0.2, 0) is 17.6 Å². The number of hydrogen-bond acceptors (Lipinski definition) is 5. The molecule has 6 heteroatoms. The standard InChI is InChI=1S/C21H23N3O3/c1-5-15-10-16(9-13(3)18(15)6-7-19(25)26)20-23-21(27-24-20)17-8-12(2)14(4)22-11-17/h8-11H,5-7H2,1-4H3,(H,25,26). The average Bonchev–Trinajstić information content (AvgIpc) is 3.12. The van der Waals surface area contributed by atoms with Gasteiger partial charge in [-0.25, -0.2) is 0 Å². The Morgan fingerprint density at radius 1 is 1.11 bits per heavy atom. The third-order valence-electron chi connectivity index (χ3n) is 4.81. The molecule has 0 saturated heterocycles. The van der Waals surface area contributed by atoms with E-state index in [0.29, 0.717) is 18.1 Å². The van der Waals surface area contributed by atoms with Crippen LogP contribution in [0.1, 0.15) is 41.3 Å². The molecular weight excluding hydrogens is 342 g/mol. The molecule has 0 bridgehead atoms. The lowest BCUT2D eigenvalue weighted by Crippen LogP contribution is -2.03. The second kappa shape index (κ2) is 7.70. The number of nitrogens with zero attached hydrogens (tertiary/aromatic N) is 3. The zero-order chi connectivity index (χ0) is 19.6. The Labute approximate surface area is 158 Å². The van der Waals surface area contributed by atoms with E-state index in [4.69, 9.17) is 9.63 Å². The first-order chi connectivity index (χ1) is 12.9. The molecule has 0 amide bonds. The lowest BCUT2D eigenvalue weighted by molar-refractivity contribution is -0.136. The SMILES string of the molecule is CCc1cc(-c2noc(-c3cnc(C)c(C)c3)n2)cc(C)c1CCC(=O)O. The molecule has 1 aromatic carbocycles. The highest BCUT2D eigenvalue weighted by molar-refractivity contribution is 5.68. The average molecular weight is 365 g/mol. The third kappa shape index (κ3) is 4.05. The molecule has 0 aliphatic rings. The van der Waals surface area contributed by atoms with E-state index in [1.54, 1.807) is 6.20 Å². The number of aromatic nitrogens is 3. The van der Waals surface area contributed by atoms with Crippen LogP contribution in [0, 0.1) is 20.8 Å². The Hall–Kier alpha value is -3.02. The van der Waals surface area contributed by atoms with Crippen molar-refractivity contribution >= 4 is 5.97 Å². The number of benzene rings is 1. The molecule has 0 aliphatic carbocycles. The van der Waals surface area contributed by atoms with Crippen LogP contribution in [-0.4, -0.2) is 26.2 Å². The normalized spacial score (nSPS) is 11.0. The summed E-state index contributed by atoms with van der Waals surface area (Å²) in [5.41, 5.74) is 6.95. The highest BCUT2D eigenvalue weighted by Crippen LogP contribution is 2.27. The Balaban J connectivity index is 1.95. The van der Waals surface area contributed by atoms with E-state index in [2.05, 4.69) is 22.0 Å². The van der Waals surface area contributed by atoms with Crippen molar-refractivity contribution < 1.29 is 14.4 Å². The molecule has 6 nitrogen and oxygen atoms in total. The Bertz CT molecular complexity index is 992. The monoisotopic (exact) mass is 365 g/mol. The van der Waals surface area contributed by atoms with Crippen molar-refractivity contribution in [3.05, 3.63) is 52.3 Å². The van der Waals surface area contributed by atoms with Gasteiger partial charge in [0, 0.05) is 23.9 Å². The van der Waals surface area contributed by atoms with Gasteiger partial charge in [0.1, 0.15) is 0 Å². The zero-order valence-electron chi connectivity index (χ0n) is 16.0. The molecule has 140 valence electrons. The summed E-state index contributed by atoms with van der Waals surface area (Å²) < 4.78 is 5.44. The topological polar surface area (TPSA) is 89.1 Å². The molecule has 0 radical (unpaired) electrons. The minimum atomic E-state index is -0.787. The minimum absolute atomic E-state index is 0.124. The molecule has 27 heavy (non-hydrogen) atoms. The highest BCUT2D eigenvalue weighted by atomic mass is 16.5. The molecule has 1 N–H and O–H groups in total. The van der Waals surface area contributed by atoms with Gasteiger partial charge in [-0.15, -0.1) is 0 Å². The van der Waals surface area contributed by atoms with Gasteiger partial charge in [0.25, 0.3) is 5.89 Å². The van der Waals surface area contributed by atoms with E-state index in [9.17, 15) is 4.79 Å². The van der Waals surface area contributed by atoms with Gasteiger partial charge in [-0.05, 0) is 74.1 Å². The van der Waals surface area contributed by atoms with Gasteiger partial charge in [-0.2, -0.15) is 4.98 Å². The van der Waals surface area contributed by atoms with Crippen LogP contribution in [0.4, 0.5) is 0 Å². The number of rotatable bonds is 6. The quantitative estimate of drug-likeness (QED) is 0.700. The third-order valence-corrected chi connectivity index (χ3v) is 4.81. The van der Waals surface area contributed by atoms with Gasteiger partial charge in [-0.3, -0.25) is 9.78 Å². The van der Waals surface area contributed by atoms with Crippen LogP contribution in [0.2, 0.25) is 0 Å². The van der Waals surface area contributed by atoms with Gasteiger partial charge in [0.15, 0.2) is 0 Å². The first-order valence-corrected chi connectivity index (χ1v) is 9.01. The summed E-state index contributed by atoms with van der Waals surface area (Å²) in [6.07, 6.45) is 3.20. The van der Waals surface area contributed by atoms with Crippen molar-refractivity contribution in [2.24, 2.45) is 0 Å². The number of aliphatic carboxylic acids is 1. The predicted octanol–water partition coefficient (Wildman–Crippen LogP) is 4.30. The molecule has 0 spiro atoms. The second-order valence-electron chi connectivity index (χ2n) is 6.73. The molecule has 0 atom stereocenters. The zero-order valence-corrected chi connectivity index (χ0v) is 16.0. The predicted molar refractivity (Wildman–Crippen MR) is 103 cm³/mol. The fourth-order valence-electron chi connectivity index (χ4n) is 3.14. The van der Waals surface area contributed by atoms with E-state index in [-0.39, 0.29) is 6.42 Å². The second-order valence-corrected chi connectivity index (χ2v) is 6.73. The number of pyridine rings is 1. The fourth-order valence-corrected chi connectivity index (χ4v) is 3.14. The van der Waals surface area contributed by atoms with Crippen LogP contribution in [0.25, 0.3) is 22.8 Å². The molecule has 3 rings (SSSR count). The molecule has 0 fully saturated rings. The van der Waals surface area contributed by atoms with Crippen LogP contribution in [0.3, 0.4) is 0 Å². The number of hydrogen-bond donors (Lipinski definition) is 1. The van der Waals surface area contributed by atoms with E-state index in [0.717, 1.165) is 45.5 Å². The molecule has 0 saturated carbocycles. The van der Waals surface area contributed by atoms with Crippen LogP contribution < -0.4 is 0 Å². The smallest absolute Gasteiger partial charge is 0.303 e. The largest absolute Gasteiger partial charge is 0.481 e. The summed E-state index contributed by atoms with van der Waals surface area (Å²) in [5, 5.41) is 13.1. The molecular formula is C21H23N3O3. The van der Waals surface area contributed by atoms with Crippen LogP contribution >= 0.6 is 0 Å². The Kier molecular flexibility index (Phi) is 5.35. The first kappa shape index (κ1) is 18.8. The summed E-state index contributed by atoms with van der Waals surface area (Å²) in [7, 11) is 0. The summed E-state index contributed by atoms with van der Waals surface area (Å²) in [6.45, 7) is 8.01. The lowest BCUT2D eigenvalue weighted by atomic mass is 9.93. The summed E-state index contributed by atoms with van der Waals surface area (Å²) in [5.74, 6) is 0.169. The number of carbonyl (C=O) groups is 1. The number of aryl methyl sites for hydroxylation is 4. The van der Waals surface area contributed by atoms with Gasteiger partial charge < -0.3 is 9.63 Å². The minimum Gasteiger partial charge on any atom is -0.481 e. The van der Waals surface area contributed by atoms with Crippen molar-refractivity contribution in [3.63, 3.8) is 0 Å². The molecule has 0 unspecified atom stereocenters. The van der Waals surface area contributed by atoms with Gasteiger partial charge >= 0.3 is 5.97 Å². The number of carboxylic acid groups (broad SMARTS) is 1. The Morgan fingerprint density at radius 3 is 2.52 bits per heavy atom. The van der Waals surface area contributed by atoms with Crippen molar-refractivity contribution in [2.45, 2.75) is 47.0 Å². The van der Waals surface area contributed by atoms with Crippen molar-refractivity contribution in [2.75, 3.05) is 0 Å². The van der Waals surface area contributed by atoms with E-state index >= 15 is 0 Å². The lowest BCUT2D eigenvalue weighted by Gasteiger charge is -2.12. The summed E-state index contributed by atoms with van der Waals surface area (Å²) in [6, 6.07) is 6.00. The van der Waals surface area contributed by atoms with E-state index in [1.165, 1.54) is 0 Å². The molecule has 2 heterocycles. The molecule has 0 aliphatic heterocycles. The van der Waals surface area contributed by atoms with E-state index < -0.39 is 5.97 Å². The number of carboxylic acids is 1. The Morgan fingerprint density at radius 2 is 1.85 bits per heavy atom. The molecule has 2 aromatic heterocycles. The van der Waals surface area contributed by atoms with Crippen molar-refractivity contribution in [1.82, 2.24) is 15.1 Å². The van der Waals surface area contributed by atoms with Crippen LogP contribution in [0.5, 0.6) is 0 Å². The van der Waals surface area contributed by atoms with Crippen LogP contribution in [0.15, 0.2) is 28.9 Å². The highest BCUT2D eigenvalue weighted by Gasteiger charge is 2.15. The molecule has 3 aromatic rings. The van der Waals surface area contributed by atoms with E-state index in [1.807, 2.05) is 39.0 Å². The summed E-state index contributed by atoms with van der Waals surface area (Å²) in [4.78, 5) is 19.8. The van der Waals surface area contributed by atoms with Gasteiger partial charge in [-0.1, -0.05) is 12.1 Å². The maximum absolute atomic E-state index is 10.9. The fraction of sp³-hybridized carbons (Fsp3) is 0.333. The van der Waals surface area contributed by atoms with Crippen molar-refractivity contribution in [1.29, 1.82) is 0 Å². The van der Waals surface area contributed by atoms with Gasteiger partial charge in [0.05, 0.1) is 5.56 Å². The maximum atomic E-state index is 10.9.